The number of amides is 2. The number of methoxy groups -OCH3 is 1. The van der Waals surface area contributed by atoms with Crippen LogP contribution in [0.4, 0.5) is 0 Å². The Hall–Kier alpha value is -2.17. The normalized spacial score (nSPS) is 15.2. The van der Waals surface area contributed by atoms with Crippen molar-refractivity contribution in [1.82, 2.24) is 15.5 Å². The molecule has 2 amide bonds. The first-order chi connectivity index (χ1) is 12.4. The van der Waals surface area contributed by atoms with Gasteiger partial charge < -0.3 is 10.1 Å². The number of carbonyl (C=O) groups excluding carboxylic acids is 2. The third-order valence-electron chi connectivity index (χ3n) is 4.01. The minimum atomic E-state index is -3.96. The molecule has 0 aliphatic heterocycles. The lowest BCUT2D eigenvalue weighted by Crippen LogP contribution is -2.46. The van der Waals surface area contributed by atoms with Gasteiger partial charge in [0.2, 0.25) is 15.9 Å². The van der Waals surface area contributed by atoms with Crippen LogP contribution >= 0.6 is 0 Å². The van der Waals surface area contributed by atoms with Crippen LogP contribution in [-0.2, 0) is 19.6 Å². The number of sulfonamides is 1. The molecule has 9 nitrogen and oxygen atoms in total. The van der Waals surface area contributed by atoms with E-state index in [2.05, 4.69) is 10.0 Å². The molecule has 10 heteroatoms. The molecule has 26 heavy (non-hydrogen) atoms. The fraction of sp³-hybridized carbons (Fsp3) is 0.500. The summed E-state index contributed by atoms with van der Waals surface area (Å²) in [5.41, 5.74) is 1.46. The van der Waals surface area contributed by atoms with Crippen LogP contribution in [0.5, 0.6) is 5.75 Å². The highest BCUT2D eigenvalue weighted by molar-refractivity contribution is 7.89. The molecule has 0 bridgehead atoms. The van der Waals surface area contributed by atoms with Crippen LogP contribution < -0.4 is 20.3 Å². The second-order valence-electron chi connectivity index (χ2n) is 6.03. The molecule has 1 atom stereocenters. The second-order valence-corrected chi connectivity index (χ2v) is 7.75. The lowest BCUT2D eigenvalue weighted by atomic mass is 10.1. The van der Waals surface area contributed by atoms with E-state index in [0.717, 1.165) is 12.8 Å². The summed E-state index contributed by atoms with van der Waals surface area (Å²) in [6.45, 7) is 0.328. The quantitative estimate of drug-likeness (QED) is 0.257. The molecule has 1 fully saturated rings. The van der Waals surface area contributed by atoms with Gasteiger partial charge in [0.1, 0.15) is 11.8 Å². The number of nitrogens with one attached hydrogen (secondary N) is 3. The topological polar surface area (TPSA) is 134 Å². The van der Waals surface area contributed by atoms with Crippen molar-refractivity contribution in [3.63, 3.8) is 0 Å². The van der Waals surface area contributed by atoms with E-state index in [0.29, 0.717) is 18.7 Å². The van der Waals surface area contributed by atoms with Crippen LogP contribution in [0.25, 0.3) is 0 Å². The number of rotatable bonds is 10. The zero-order chi connectivity index (χ0) is 19.2. The average molecular weight is 385 g/mol. The summed E-state index contributed by atoms with van der Waals surface area (Å²) < 4.78 is 32.1. The molecule has 1 aliphatic rings. The Morgan fingerprint density at radius 1 is 1.27 bits per heavy atom. The molecule has 0 unspecified atom stereocenters. The van der Waals surface area contributed by atoms with E-state index >= 15 is 0 Å². The lowest BCUT2D eigenvalue weighted by Gasteiger charge is -2.17. The molecule has 1 aliphatic carbocycles. The monoisotopic (exact) mass is 385 g/mol. The van der Waals surface area contributed by atoms with Gasteiger partial charge in [0.25, 0.3) is 5.91 Å². The van der Waals surface area contributed by atoms with Gasteiger partial charge in [0.15, 0.2) is 0 Å². The molecule has 2 rings (SSSR count). The summed E-state index contributed by atoms with van der Waals surface area (Å²) in [6, 6.07) is 4.52. The summed E-state index contributed by atoms with van der Waals surface area (Å²) in [5.74, 6) is -0.303. The van der Waals surface area contributed by atoms with Crippen molar-refractivity contribution < 1.29 is 28.0 Å². The van der Waals surface area contributed by atoms with Crippen molar-refractivity contribution >= 4 is 21.8 Å². The summed E-state index contributed by atoms with van der Waals surface area (Å²) in [7, 11) is -2.50. The Morgan fingerprint density at radius 2 is 1.92 bits per heavy atom. The molecular formula is C16H23N3O6S. The number of ether oxygens (including phenoxy) is 1. The number of hydrogen-bond donors (Lipinski definition) is 4. The van der Waals surface area contributed by atoms with E-state index in [-0.39, 0.29) is 23.1 Å². The van der Waals surface area contributed by atoms with E-state index in [1.54, 1.807) is 0 Å². The Balaban J connectivity index is 1.94. The smallest absolute Gasteiger partial charge is 0.261 e. The van der Waals surface area contributed by atoms with E-state index in [4.69, 9.17) is 9.94 Å². The Labute approximate surface area is 152 Å². The van der Waals surface area contributed by atoms with E-state index < -0.39 is 22.0 Å². The Bertz CT molecular complexity index is 731. The maximum Gasteiger partial charge on any atom is 0.261 e. The number of carbonyl (C=O) groups is 2. The van der Waals surface area contributed by atoms with Gasteiger partial charge in [-0.25, -0.2) is 13.9 Å². The molecule has 4 N–H and O–H groups in total. The van der Waals surface area contributed by atoms with Crippen LogP contribution in [0, 0.1) is 5.92 Å². The van der Waals surface area contributed by atoms with Gasteiger partial charge in [-0.15, -0.1) is 0 Å². The fourth-order valence-corrected chi connectivity index (χ4v) is 3.57. The van der Waals surface area contributed by atoms with Crippen LogP contribution in [0.3, 0.4) is 0 Å². The van der Waals surface area contributed by atoms with Crippen molar-refractivity contribution in [2.75, 3.05) is 13.7 Å². The van der Waals surface area contributed by atoms with Gasteiger partial charge in [0, 0.05) is 12.5 Å². The molecule has 0 saturated heterocycles. The van der Waals surface area contributed by atoms with Gasteiger partial charge >= 0.3 is 0 Å². The predicted octanol–water partition coefficient (Wildman–Crippen LogP) is 0.154. The maximum absolute atomic E-state index is 12.4. The third kappa shape index (κ3) is 5.68. The molecule has 0 heterocycles. The van der Waals surface area contributed by atoms with Crippen molar-refractivity contribution in [2.45, 2.75) is 36.6 Å². The van der Waals surface area contributed by atoms with Crippen LogP contribution in [0.2, 0.25) is 0 Å². The van der Waals surface area contributed by atoms with Gasteiger partial charge in [-0.2, -0.15) is 4.72 Å². The Morgan fingerprint density at radius 3 is 2.46 bits per heavy atom. The van der Waals surface area contributed by atoms with Crippen molar-refractivity contribution in [1.29, 1.82) is 0 Å². The standard InChI is InChI=1S/C16H23N3O6S/c1-25-12-6-8-13(9-7-12)26(23,24)19-14(16(21)18-22)3-2-10-17-15(20)11-4-5-11/h6-9,11,14,19,22H,2-5,10H2,1H3,(H,17,20)(H,18,21)/t14-/m1/s1. The number of hydrogen-bond acceptors (Lipinski definition) is 6. The highest BCUT2D eigenvalue weighted by atomic mass is 32.2. The molecular weight excluding hydrogens is 362 g/mol. The molecule has 0 aromatic heterocycles. The van der Waals surface area contributed by atoms with Gasteiger partial charge in [-0.05, 0) is 49.9 Å². The first kappa shape index (κ1) is 20.1. The first-order valence-electron chi connectivity index (χ1n) is 8.25. The molecule has 144 valence electrons. The van der Waals surface area contributed by atoms with Crippen LogP contribution in [0.15, 0.2) is 29.2 Å². The molecule has 0 radical (unpaired) electrons. The largest absolute Gasteiger partial charge is 0.497 e. The van der Waals surface area contributed by atoms with Crippen LogP contribution in [-0.4, -0.2) is 45.1 Å². The summed E-state index contributed by atoms with van der Waals surface area (Å²) in [4.78, 5) is 23.3. The average Bonchev–Trinajstić information content (AvgIpc) is 3.48. The number of hydroxylamine groups is 1. The highest BCUT2D eigenvalue weighted by Crippen LogP contribution is 2.28. The fourth-order valence-electron chi connectivity index (χ4n) is 2.34. The summed E-state index contributed by atoms with van der Waals surface area (Å²) >= 11 is 0. The summed E-state index contributed by atoms with van der Waals surface area (Å²) in [5, 5.41) is 11.6. The zero-order valence-corrected chi connectivity index (χ0v) is 15.2. The molecule has 1 saturated carbocycles. The zero-order valence-electron chi connectivity index (χ0n) is 14.4. The lowest BCUT2D eigenvalue weighted by molar-refractivity contribution is -0.131. The van der Waals surface area contributed by atoms with E-state index in [1.807, 2.05) is 0 Å². The molecule has 1 aromatic rings. The third-order valence-corrected chi connectivity index (χ3v) is 5.50. The second kappa shape index (κ2) is 8.97. The van der Waals surface area contributed by atoms with Gasteiger partial charge in [0.05, 0.1) is 12.0 Å². The van der Waals surface area contributed by atoms with Crippen LogP contribution in [0.1, 0.15) is 25.7 Å². The maximum atomic E-state index is 12.4. The van der Waals surface area contributed by atoms with Gasteiger partial charge in [-0.1, -0.05) is 0 Å². The SMILES string of the molecule is COc1ccc(S(=O)(=O)N[C@H](CCCNC(=O)C2CC2)C(=O)NO)cc1. The highest BCUT2D eigenvalue weighted by Gasteiger charge is 2.29. The van der Waals surface area contributed by atoms with E-state index in [9.17, 15) is 18.0 Å². The summed E-state index contributed by atoms with van der Waals surface area (Å²) in [6.07, 6.45) is 2.28. The van der Waals surface area contributed by atoms with Crippen molar-refractivity contribution in [3.05, 3.63) is 24.3 Å². The van der Waals surface area contributed by atoms with E-state index in [1.165, 1.54) is 36.9 Å². The van der Waals surface area contributed by atoms with Gasteiger partial charge in [-0.3, -0.25) is 14.8 Å². The van der Waals surface area contributed by atoms with Crippen molar-refractivity contribution in [2.24, 2.45) is 5.92 Å². The minimum Gasteiger partial charge on any atom is -0.497 e. The predicted molar refractivity (Wildman–Crippen MR) is 92.0 cm³/mol. The first-order valence-corrected chi connectivity index (χ1v) is 9.73. The van der Waals surface area contributed by atoms with Crippen molar-refractivity contribution in [3.8, 4) is 5.75 Å². The minimum absolute atomic E-state index is 0.0213. The molecule has 1 aromatic carbocycles. The Kier molecular flexibility index (Phi) is 6.95. The number of benzene rings is 1. The molecule has 0 spiro atoms.